The van der Waals surface area contributed by atoms with Crippen LogP contribution in [0, 0.1) is 5.92 Å². The number of aromatic nitrogens is 2. The Morgan fingerprint density at radius 2 is 2.28 bits per heavy atom. The molecule has 1 unspecified atom stereocenters. The minimum atomic E-state index is 0.768. The zero-order valence-electron chi connectivity index (χ0n) is 10.6. The number of fused-ring (bicyclic) bond motifs is 1. The molecule has 1 atom stereocenters. The fourth-order valence-corrected chi connectivity index (χ4v) is 2.67. The minimum absolute atomic E-state index is 0.768. The maximum Gasteiger partial charge on any atom is 0.139 e. The molecule has 3 rings (SSSR count). The fourth-order valence-electron chi connectivity index (χ4n) is 2.67. The Labute approximate surface area is 107 Å². The lowest BCUT2D eigenvalue weighted by atomic mass is 10.1. The highest BCUT2D eigenvalue weighted by molar-refractivity contribution is 5.91. The van der Waals surface area contributed by atoms with Crippen LogP contribution in [0.1, 0.15) is 19.8 Å². The van der Waals surface area contributed by atoms with Gasteiger partial charge < -0.3 is 10.6 Å². The van der Waals surface area contributed by atoms with E-state index in [1.807, 2.05) is 18.2 Å². The predicted molar refractivity (Wildman–Crippen MR) is 74.6 cm³/mol. The maximum absolute atomic E-state index is 5.87. The van der Waals surface area contributed by atoms with Crippen LogP contribution in [0.15, 0.2) is 24.5 Å². The summed E-state index contributed by atoms with van der Waals surface area (Å²) in [6.07, 6.45) is 4.14. The molecule has 0 aliphatic carbocycles. The molecule has 2 aromatic rings. The summed E-state index contributed by atoms with van der Waals surface area (Å²) in [4.78, 5) is 11.1. The molecule has 94 valence electrons. The third-order valence-electron chi connectivity index (χ3n) is 3.80. The van der Waals surface area contributed by atoms with Crippen molar-refractivity contribution < 1.29 is 0 Å². The second-order valence-corrected chi connectivity index (χ2v) is 4.98. The molecule has 1 aromatic carbocycles. The average molecular weight is 242 g/mol. The smallest absolute Gasteiger partial charge is 0.139 e. The minimum Gasteiger partial charge on any atom is -0.399 e. The van der Waals surface area contributed by atoms with E-state index in [1.165, 1.54) is 12.8 Å². The van der Waals surface area contributed by atoms with E-state index in [-0.39, 0.29) is 0 Å². The van der Waals surface area contributed by atoms with Crippen molar-refractivity contribution in [2.45, 2.75) is 19.8 Å². The zero-order valence-corrected chi connectivity index (χ0v) is 10.6. The largest absolute Gasteiger partial charge is 0.399 e. The summed E-state index contributed by atoms with van der Waals surface area (Å²) in [6, 6.07) is 5.82. The van der Waals surface area contributed by atoms with Crippen LogP contribution in [-0.4, -0.2) is 23.1 Å². The summed E-state index contributed by atoms with van der Waals surface area (Å²) in [7, 11) is 0. The molecule has 1 aliphatic heterocycles. The molecular formula is C14H18N4. The highest BCUT2D eigenvalue weighted by Crippen LogP contribution is 2.29. The molecule has 1 saturated heterocycles. The van der Waals surface area contributed by atoms with Gasteiger partial charge in [-0.3, -0.25) is 0 Å². The standard InChI is InChI=1S/C14H18N4/c1-2-10-5-6-18(8-10)14-12-7-11(15)3-4-13(12)16-9-17-14/h3-4,7,9-10H,2,5-6,8,15H2,1H3. The number of hydrogen-bond donors (Lipinski definition) is 1. The number of anilines is 2. The van der Waals surface area contributed by atoms with Gasteiger partial charge in [-0.25, -0.2) is 9.97 Å². The summed E-state index contributed by atoms with van der Waals surface area (Å²) in [5, 5.41) is 1.06. The third-order valence-corrected chi connectivity index (χ3v) is 3.80. The number of nitrogen functional groups attached to an aromatic ring is 1. The Morgan fingerprint density at radius 1 is 1.39 bits per heavy atom. The number of nitrogens with zero attached hydrogens (tertiary/aromatic N) is 3. The molecule has 0 radical (unpaired) electrons. The van der Waals surface area contributed by atoms with Gasteiger partial charge in [-0.15, -0.1) is 0 Å². The van der Waals surface area contributed by atoms with Gasteiger partial charge in [-0.2, -0.15) is 0 Å². The van der Waals surface area contributed by atoms with Gasteiger partial charge >= 0.3 is 0 Å². The molecule has 1 aromatic heterocycles. The summed E-state index contributed by atoms with van der Waals surface area (Å²) < 4.78 is 0. The average Bonchev–Trinajstić information content (AvgIpc) is 2.86. The molecule has 18 heavy (non-hydrogen) atoms. The molecule has 4 heteroatoms. The SMILES string of the molecule is CCC1CCN(c2ncnc3ccc(N)cc23)C1. The third kappa shape index (κ3) is 1.88. The molecule has 0 amide bonds. The lowest BCUT2D eigenvalue weighted by Gasteiger charge is -2.19. The van der Waals surface area contributed by atoms with Gasteiger partial charge in [0.2, 0.25) is 0 Å². The van der Waals surface area contributed by atoms with Crippen LogP contribution >= 0.6 is 0 Å². The van der Waals surface area contributed by atoms with E-state index in [4.69, 9.17) is 5.73 Å². The number of nitrogens with two attached hydrogens (primary N) is 1. The van der Waals surface area contributed by atoms with E-state index in [1.54, 1.807) is 6.33 Å². The van der Waals surface area contributed by atoms with Gasteiger partial charge in [0.15, 0.2) is 0 Å². The summed E-state index contributed by atoms with van der Waals surface area (Å²) in [5.41, 5.74) is 7.61. The van der Waals surface area contributed by atoms with Crippen LogP contribution in [0.25, 0.3) is 10.9 Å². The fraction of sp³-hybridized carbons (Fsp3) is 0.429. The van der Waals surface area contributed by atoms with Crippen LogP contribution in [0.2, 0.25) is 0 Å². The monoisotopic (exact) mass is 242 g/mol. The van der Waals surface area contributed by atoms with Crippen molar-refractivity contribution in [1.29, 1.82) is 0 Å². The molecule has 0 bridgehead atoms. The van der Waals surface area contributed by atoms with Crippen LogP contribution in [-0.2, 0) is 0 Å². The van der Waals surface area contributed by atoms with Crippen molar-refractivity contribution in [3.63, 3.8) is 0 Å². The van der Waals surface area contributed by atoms with Crippen molar-refractivity contribution in [3.05, 3.63) is 24.5 Å². The molecule has 2 heterocycles. The van der Waals surface area contributed by atoms with E-state index in [0.29, 0.717) is 0 Å². The van der Waals surface area contributed by atoms with Crippen molar-refractivity contribution in [1.82, 2.24) is 9.97 Å². The van der Waals surface area contributed by atoms with E-state index in [2.05, 4.69) is 21.8 Å². The Kier molecular flexibility index (Phi) is 2.78. The Bertz CT molecular complexity index is 567. The zero-order chi connectivity index (χ0) is 12.5. The Hall–Kier alpha value is -1.84. The first kappa shape index (κ1) is 11.3. The topological polar surface area (TPSA) is 55.0 Å². The summed E-state index contributed by atoms with van der Waals surface area (Å²) >= 11 is 0. The van der Waals surface area contributed by atoms with E-state index >= 15 is 0 Å². The van der Waals surface area contributed by atoms with Crippen molar-refractivity contribution in [2.24, 2.45) is 5.92 Å². The van der Waals surface area contributed by atoms with Gasteiger partial charge in [-0.1, -0.05) is 13.3 Å². The molecule has 1 aliphatic rings. The second-order valence-electron chi connectivity index (χ2n) is 4.98. The molecular weight excluding hydrogens is 224 g/mol. The van der Waals surface area contributed by atoms with Gasteiger partial charge in [-0.05, 0) is 30.5 Å². The normalized spacial score (nSPS) is 19.6. The number of benzene rings is 1. The highest BCUT2D eigenvalue weighted by Gasteiger charge is 2.23. The number of rotatable bonds is 2. The molecule has 0 saturated carbocycles. The van der Waals surface area contributed by atoms with E-state index in [0.717, 1.165) is 41.4 Å². The molecule has 2 N–H and O–H groups in total. The van der Waals surface area contributed by atoms with Crippen molar-refractivity contribution in [3.8, 4) is 0 Å². The molecule has 0 spiro atoms. The van der Waals surface area contributed by atoms with Gasteiger partial charge in [0.05, 0.1) is 5.52 Å². The van der Waals surface area contributed by atoms with Crippen LogP contribution in [0.5, 0.6) is 0 Å². The highest BCUT2D eigenvalue weighted by atomic mass is 15.2. The first-order chi connectivity index (χ1) is 8.78. The predicted octanol–water partition coefficient (Wildman–Crippen LogP) is 2.45. The Morgan fingerprint density at radius 3 is 3.06 bits per heavy atom. The maximum atomic E-state index is 5.87. The van der Waals surface area contributed by atoms with Crippen LogP contribution in [0.3, 0.4) is 0 Å². The Balaban J connectivity index is 2.04. The van der Waals surface area contributed by atoms with Gasteiger partial charge in [0.25, 0.3) is 0 Å². The van der Waals surface area contributed by atoms with Crippen LogP contribution < -0.4 is 10.6 Å². The number of hydrogen-bond acceptors (Lipinski definition) is 4. The lowest BCUT2D eigenvalue weighted by Crippen LogP contribution is -2.21. The second kappa shape index (κ2) is 4.44. The molecule has 4 nitrogen and oxygen atoms in total. The quantitative estimate of drug-likeness (QED) is 0.822. The van der Waals surface area contributed by atoms with E-state index < -0.39 is 0 Å². The van der Waals surface area contributed by atoms with Gasteiger partial charge in [0.1, 0.15) is 12.1 Å². The summed E-state index contributed by atoms with van der Waals surface area (Å²) in [5.74, 6) is 1.82. The first-order valence-corrected chi connectivity index (χ1v) is 6.53. The van der Waals surface area contributed by atoms with Crippen LogP contribution in [0.4, 0.5) is 11.5 Å². The van der Waals surface area contributed by atoms with Crippen molar-refractivity contribution in [2.75, 3.05) is 23.7 Å². The van der Waals surface area contributed by atoms with Crippen molar-refractivity contribution >= 4 is 22.4 Å². The molecule has 1 fully saturated rings. The van der Waals surface area contributed by atoms with E-state index in [9.17, 15) is 0 Å². The summed E-state index contributed by atoms with van der Waals surface area (Å²) in [6.45, 7) is 4.43. The first-order valence-electron chi connectivity index (χ1n) is 6.53. The van der Waals surface area contributed by atoms with Gasteiger partial charge in [0, 0.05) is 24.2 Å². The lowest BCUT2D eigenvalue weighted by molar-refractivity contribution is 0.569.